The number of aliphatic hydroxyl groups is 1. The molecule has 0 spiro atoms. The number of hydrogen-bond donors (Lipinski definition) is 1. The fourth-order valence-electron chi connectivity index (χ4n) is 2.00. The molecule has 0 aromatic carbocycles. The van der Waals surface area contributed by atoms with Crippen molar-refractivity contribution >= 4 is 5.78 Å². The van der Waals surface area contributed by atoms with Crippen molar-refractivity contribution in [1.29, 1.82) is 0 Å². The lowest BCUT2D eigenvalue weighted by atomic mass is 9.84. The predicted molar refractivity (Wildman–Crippen MR) is 58.7 cm³/mol. The molecule has 2 atom stereocenters. The van der Waals surface area contributed by atoms with Crippen LogP contribution in [0.5, 0.6) is 0 Å². The fraction of sp³-hybridized carbons (Fsp3) is 0.917. The Morgan fingerprint density at radius 2 is 2.20 bits per heavy atom. The molecular weight excluding hydrogens is 192 g/mol. The van der Waals surface area contributed by atoms with Gasteiger partial charge in [-0.1, -0.05) is 6.42 Å². The maximum atomic E-state index is 11.5. The zero-order valence-corrected chi connectivity index (χ0v) is 9.74. The van der Waals surface area contributed by atoms with Crippen molar-refractivity contribution in [3.8, 4) is 0 Å². The van der Waals surface area contributed by atoms with Crippen LogP contribution < -0.4 is 0 Å². The first-order valence-corrected chi connectivity index (χ1v) is 5.92. The summed E-state index contributed by atoms with van der Waals surface area (Å²) in [7, 11) is 0. The fourth-order valence-corrected chi connectivity index (χ4v) is 2.00. The molecule has 1 N–H and O–H groups in total. The molecule has 0 aliphatic heterocycles. The van der Waals surface area contributed by atoms with E-state index < -0.39 is 6.10 Å². The van der Waals surface area contributed by atoms with Crippen LogP contribution in [0.1, 0.15) is 46.0 Å². The Morgan fingerprint density at radius 1 is 1.47 bits per heavy atom. The van der Waals surface area contributed by atoms with Crippen molar-refractivity contribution in [2.24, 2.45) is 5.92 Å². The van der Waals surface area contributed by atoms with Gasteiger partial charge in [0.15, 0.2) is 0 Å². The van der Waals surface area contributed by atoms with Crippen LogP contribution >= 0.6 is 0 Å². The molecule has 0 bridgehead atoms. The van der Waals surface area contributed by atoms with Crippen LogP contribution in [0, 0.1) is 5.92 Å². The first kappa shape index (κ1) is 12.7. The SMILES string of the molecule is CC(C)OCC(O)CC1CCCCC1=O. The van der Waals surface area contributed by atoms with Crippen LogP contribution in [-0.4, -0.2) is 29.7 Å². The molecule has 3 nitrogen and oxygen atoms in total. The molecule has 2 unspecified atom stereocenters. The van der Waals surface area contributed by atoms with Gasteiger partial charge in [-0.2, -0.15) is 0 Å². The van der Waals surface area contributed by atoms with Crippen LogP contribution in [0.25, 0.3) is 0 Å². The van der Waals surface area contributed by atoms with Gasteiger partial charge in [0.1, 0.15) is 5.78 Å². The minimum Gasteiger partial charge on any atom is -0.391 e. The smallest absolute Gasteiger partial charge is 0.136 e. The number of carbonyl (C=O) groups is 1. The summed E-state index contributed by atoms with van der Waals surface area (Å²) in [5, 5.41) is 9.69. The summed E-state index contributed by atoms with van der Waals surface area (Å²) in [4.78, 5) is 11.5. The number of hydrogen-bond acceptors (Lipinski definition) is 3. The number of Topliss-reactive ketones (excluding diaryl/α,β-unsaturated/α-hetero) is 1. The molecule has 1 rings (SSSR count). The Bertz CT molecular complexity index is 201. The highest BCUT2D eigenvalue weighted by Gasteiger charge is 2.24. The van der Waals surface area contributed by atoms with E-state index in [2.05, 4.69) is 0 Å². The van der Waals surface area contributed by atoms with Crippen molar-refractivity contribution in [2.45, 2.75) is 58.2 Å². The van der Waals surface area contributed by atoms with E-state index in [-0.39, 0.29) is 12.0 Å². The first-order chi connectivity index (χ1) is 7.09. The molecule has 3 heteroatoms. The van der Waals surface area contributed by atoms with Crippen molar-refractivity contribution < 1.29 is 14.6 Å². The summed E-state index contributed by atoms with van der Waals surface area (Å²) >= 11 is 0. The van der Waals surface area contributed by atoms with E-state index >= 15 is 0 Å². The molecule has 1 saturated carbocycles. The van der Waals surface area contributed by atoms with E-state index in [1.807, 2.05) is 13.8 Å². The second kappa shape index (κ2) is 6.23. The minimum atomic E-state index is -0.487. The predicted octanol–water partition coefficient (Wildman–Crippen LogP) is 1.92. The molecule has 0 radical (unpaired) electrons. The van der Waals surface area contributed by atoms with Crippen molar-refractivity contribution in [3.05, 3.63) is 0 Å². The summed E-state index contributed by atoms with van der Waals surface area (Å²) in [6.45, 7) is 4.23. The van der Waals surface area contributed by atoms with Gasteiger partial charge in [-0.3, -0.25) is 4.79 Å². The monoisotopic (exact) mass is 214 g/mol. The van der Waals surface area contributed by atoms with Crippen molar-refractivity contribution in [1.82, 2.24) is 0 Å². The van der Waals surface area contributed by atoms with Crippen LogP contribution in [0.15, 0.2) is 0 Å². The molecule has 88 valence electrons. The van der Waals surface area contributed by atoms with Crippen molar-refractivity contribution in [2.75, 3.05) is 6.61 Å². The minimum absolute atomic E-state index is 0.0736. The zero-order chi connectivity index (χ0) is 11.3. The van der Waals surface area contributed by atoms with Crippen molar-refractivity contribution in [3.63, 3.8) is 0 Å². The Morgan fingerprint density at radius 3 is 2.80 bits per heavy atom. The van der Waals surface area contributed by atoms with E-state index in [1.54, 1.807) is 0 Å². The molecule has 0 aromatic rings. The number of ether oxygens (including phenoxy) is 1. The molecule has 0 heterocycles. The van der Waals surface area contributed by atoms with E-state index in [4.69, 9.17) is 4.74 Å². The zero-order valence-electron chi connectivity index (χ0n) is 9.74. The topological polar surface area (TPSA) is 46.5 Å². The summed E-state index contributed by atoms with van der Waals surface area (Å²) < 4.78 is 5.32. The lowest BCUT2D eigenvalue weighted by molar-refractivity contribution is -0.126. The third-order valence-electron chi connectivity index (χ3n) is 2.86. The highest BCUT2D eigenvalue weighted by atomic mass is 16.5. The van der Waals surface area contributed by atoms with Crippen LogP contribution in [0.3, 0.4) is 0 Å². The average Bonchev–Trinajstić information content (AvgIpc) is 2.18. The molecular formula is C12H22O3. The molecule has 0 aromatic heterocycles. The largest absolute Gasteiger partial charge is 0.391 e. The highest BCUT2D eigenvalue weighted by Crippen LogP contribution is 2.24. The van der Waals surface area contributed by atoms with Gasteiger partial charge in [0.2, 0.25) is 0 Å². The molecule has 0 amide bonds. The molecule has 1 aliphatic carbocycles. The maximum absolute atomic E-state index is 11.5. The van der Waals surface area contributed by atoms with Gasteiger partial charge in [0, 0.05) is 12.3 Å². The second-order valence-electron chi connectivity index (χ2n) is 4.68. The molecule has 1 fully saturated rings. The van der Waals surface area contributed by atoms with E-state index in [0.29, 0.717) is 25.2 Å². The van der Waals surface area contributed by atoms with Gasteiger partial charge in [-0.15, -0.1) is 0 Å². The van der Waals surface area contributed by atoms with Gasteiger partial charge >= 0.3 is 0 Å². The first-order valence-electron chi connectivity index (χ1n) is 5.92. The van der Waals surface area contributed by atoms with Crippen LogP contribution in [0.2, 0.25) is 0 Å². The third-order valence-corrected chi connectivity index (χ3v) is 2.86. The normalized spacial score (nSPS) is 24.5. The molecule has 15 heavy (non-hydrogen) atoms. The molecule has 0 saturated heterocycles. The van der Waals surface area contributed by atoms with E-state index in [1.165, 1.54) is 0 Å². The van der Waals surface area contributed by atoms with Gasteiger partial charge in [0.05, 0.1) is 18.8 Å². The average molecular weight is 214 g/mol. The lowest BCUT2D eigenvalue weighted by Crippen LogP contribution is -2.27. The van der Waals surface area contributed by atoms with Gasteiger partial charge < -0.3 is 9.84 Å². The second-order valence-corrected chi connectivity index (χ2v) is 4.68. The Labute approximate surface area is 91.8 Å². The quantitative estimate of drug-likeness (QED) is 0.760. The van der Waals surface area contributed by atoms with E-state index in [0.717, 1.165) is 19.3 Å². The number of aliphatic hydroxyl groups excluding tert-OH is 1. The lowest BCUT2D eigenvalue weighted by Gasteiger charge is -2.23. The third kappa shape index (κ3) is 4.76. The highest BCUT2D eigenvalue weighted by molar-refractivity contribution is 5.81. The van der Waals surface area contributed by atoms with Gasteiger partial charge in [0.25, 0.3) is 0 Å². The van der Waals surface area contributed by atoms with Gasteiger partial charge in [-0.05, 0) is 33.1 Å². The summed E-state index contributed by atoms with van der Waals surface area (Å²) in [5.74, 6) is 0.398. The maximum Gasteiger partial charge on any atom is 0.136 e. The summed E-state index contributed by atoms with van der Waals surface area (Å²) in [6, 6.07) is 0. The molecule has 1 aliphatic rings. The van der Waals surface area contributed by atoms with Gasteiger partial charge in [-0.25, -0.2) is 0 Å². The Balaban J connectivity index is 2.23. The van der Waals surface area contributed by atoms with Crippen LogP contribution in [-0.2, 0) is 9.53 Å². The Kier molecular flexibility index (Phi) is 5.26. The number of rotatable bonds is 5. The summed E-state index contributed by atoms with van der Waals surface area (Å²) in [6.07, 6.45) is 4.01. The van der Waals surface area contributed by atoms with E-state index in [9.17, 15) is 9.90 Å². The number of ketones is 1. The van der Waals surface area contributed by atoms with Crippen LogP contribution in [0.4, 0.5) is 0 Å². The Hall–Kier alpha value is -0.410. The number of carbonyl (C=O) groups excluding carboxylic acids is 1. The summed E-state index contributed by atoms with van der Waals surface area (Å²) in [5.41, 5.74) is 0. The standard InChI is InChI=1S/C12H22O3/c1-9(2)15-8-11(13)7-10-5-3-4-6-12(10)14/h9-11,13H,3-8H2,1-2H3.